The summed E-state index contributed by atoms with van der Waals surface area (Å²) in [6.07, 6.45) is 1.95. The number of H-pyrrole nitrogens is 1. The highest BCUT2D eigenvalue weighted by Gasteiger charge is 2.16. The Kier molecular flexibility index (Phi) is 4.96. The van der Waals surface area contributed by atoms with Gasteiger partial charge < -0.3 is 9.55 Å². The lowest BCUT2D eigenvalue weighted by molar-refractivity contribution is 0.628. The van der Waals surface area contributed by atoms with E-state index in [0.29, 0.717) is 16.3 Å². The van der Waals surface area contributed by atoms with Crippen LogP contribution in [0, 0.1) is 17.5 Å². The number of hydrogen-bond donors (Lipinski definition) is 1. The number of rotatable bonds is 4. The number of benzene rings is 3. The molecule has 0 bridgehead atoms. The van der Waals surface area contributed by atoms with Crippen molar-refractivity contribution in [2.75, 3.05) is 0 Å². The summed E-state index contributed by atoms with van der Waals surface area (Å²) in [5, 5.41) is 0.639. The first-order chi connectivity index (χ1) is 15.0. The summed E-state index contributed by atoms with van der Waals surface area (Å²) >= 11 is 11.9. The van der Waals surface area contributed by atoms with E-state index in [9.17, 15) is 4.39 Å². The number of aromatic nitrogens is 4. The Morgan fingerprint density at radius 2 is 1.84 bits per heavy atom. The zero-order valence-electron chi connectivity index (χ0n) is 16.6. The summed E-state index contributed by atoms with van der Waals surface area (Å²) in [6.45, 7) is 2.43. The molecule has 0 saturated heterocycles. The molecule has 0 atom stereocenters. The molecule has 0 unspecified atom stereocenters. The van der Waals surface area contributed by atoms with Gasteiger partial charge in [-0.05, 0) is 73.2 Å². The molecule has 154 valence electrons. The fraction of sp³-hybridized carbons (Fsp3) is 0.0833. The number of aryl methyl sites for hydroxylation is 1. The summed E-state index contributed by atoms with van der Waals surface area (Å²) in [7, 11) is 0. The third kappa shape index (κ3) is 3.69. The first-order valence-electron chi connectivity index (χ1n) is 9.78. The number of nitrogens with one attached hydrogen (secondary N) is 1. The molecule has 0 amide bonds. The van der Waals surface area contributed by atoms with Gasteiger partial charge in [-0.2, -0.15) is 0 Å². The largest absolute Gasteiger partial charge is 0.340 e. The number of hydrogen-bond acceptors (Lipinski definition) is 2. The van der Waals surface area contributed by atoms with Crippen LogP contribution in [0.5, 0.6) is 0 Å². The van der Waals surface area contributed by atoms with Crippen molar-refractivity contribution in [2.24, 2.45) is 0 Å². The van der Waals surface area contributed by atoms with E-state index in [2.05, 4.69) is 9.97 Å². The SMILES string of the molecule is Cc1ccc(F)cc1-c1cn(Cc2nc3ccccc3[nH]2)c(=S)n1-c1ccc(Cl)cc1. The van der Waals surface area contributed by atoms with Crippen LogP contribution in [0.25, 0.3) is 28.0 Å². The minimum absolute atomic E-state index is 0.292. The Morgan fingerprint density at radius 1 is 1.06 bits per heavy atom. The second-order valence-corrected chi connectivity index (χ2v) is 8.20. The van der Waals surface area contributed by atoms with Gasteiger partial charge >= 0.3 is 0 Å². The maximum atomic E-state index is 14.1. The lowest BCUT2D eigenvalue weighted by atomic mass is 10.1. The topological polar surface area (TPSA) is 38.5 Å². The average Bonchev–Trinajstić information content (AvgIpc) is 3.31. The first kappa shape index (κ1) is 19.7. The second-order valence-electron chi connectivity index (χ2n) is 7.40. The summed E-state index contributed by atoms with van der Waals surface area (Å²) in [5.41, 5.74) is 5.28. The van der Waals surface area contributed by atoms with E-state index in [4.69, 9.17) is 23.8 Å². The van der Waals surface area contributed by atoms with E-state index >= 15 is 0 Å². The standard InChI is InChI=1S/C24H18ClFN4S/c1-15-6-9-17(26)12-19(15)22-13-29(14-23-27-20-4-2-3-5-21(20)28-23)24(31)30(22)18-10-7-16(25)8-11-18/h2-13H,14H2,1H3,(H,27,28). The lowest BCUT2D eigenvalue weighted by Crippen LogP contribution is -2.03. The molecule has 0 radical (unpaired) electrons. The van der Waals surface area contributed by atoms with Crippen LogP contribution in [-0.4, -0.2) is 19.1 Å². The molecule has 3 aromatic carbocycles. The molecule has 0 saturated carbocycles. The van der Waals surface area contributed by atoms with Crippen LogP contribution in [0.2, 0.25) is 5.02 Å². The lowest BCUT2D eigenvalue weighted by Gasteiger charge is -2.11. The summed E-state index contributed by atoms with van der Waals surface area (Å²) in [5.74, 6) is 0.507. The molecule has 31 heavy (non-hydrogen) atoms. The van der Waals surface area contributed by atoms with Crippen LogP contribution < -0.4 is 0 Å². The fourth-order valence-corrected chi connectivity index (χ4v) is 4.19. The minimum atomic E-state index is -0.292. The molecular weight excluding hydrogens is 431 g/mol. The summed E-state index contributed by atoms with van der Waals surface area (Å²) in [4.78, 5) is 8.01. The van der Waals surface area contributed by atoms with Crippen molar-refractivity contribution in [3.8, 4) is 16.9 Å². The van der Waals surface area contributed by atoms with E-state index < -0.39 is 0 Å². The highest BCUT2D eigenvalue weighted by molar-refractivity contribution is 7.71. The van der Waals surface area contributed by atoms with Crippen LogP contribution in [0.1, 0.15) is 11.4 Å². The average molecular weight is 449 g/mol. The maximum Gasteiger partial charge on any atom is 0.185 e. The van der Waals surface area contributed by atoms with Gasteiger partial charge in [0.25, 0.3) is 0 Å². The second kappa shape index (κ2) is 7.80. The highest BCUT2D eigenvalue weighted by atomic mass is 35.5. The van der Waals surface area contributed by atoms with Crippen molar-refractivity contribution >= 4 is 34.9 Å². The van der Waals surface area contributed by atoms with E-state index in [0.717, 1.165) is 39.4 Å². The third-order valence-corrected chi connectivity index (χ3v) is 5.94. The van der Waals surface area contributed by atoms with Gasteiger partial charge in [0.1, 0.15) is 11.6 Å². The molecule has 2 aromatic heterocycles. The zero-order valence-corrected chi connectivity index (χ0v) is 18.2. The Bertz CT molecular complexity index is 1430. The highest BCUT2D eigenvalue weighted by Crippen LogP contribution is 2.29. The number of nitrogens with zero attached hydrogens (tertiary/aromatic N) is 3. The molecule has 7 heteroatoms. The molecule has 1 N–H and O–H groups in total. The minimum Gasteiger partial charge on any atom is -0.340 e. The molecule has 5 aromatic rings. The van der Waals surface area contributed by atoms with Crippen molar-refractivity contribution in [1.29, 1.82) is 0 Å². The van der Waals surface area contributed by atoms with Gasteiger partial charge in [0.05, 0.1) is 23.3 Å². The van der Waals surface area contributed by atoms with E-state index in [-0.39, 0.29) is 5.82 Å². The Morgan fingerprint density at radius 3 is 2.61 bits per heavy atom. The van der Waals surface area contributed by atoms with Crippen molar-refractivity contribution < 1.29 is 4.39 Å². The quantitative estimate of drug-likeness (QED) is 0.310. The maximum absolute atomic E-state index is 14.1. The van der Waals surface area contributed by atoms with Crippen LogP contribution in [0.15, 0.2) is 72.9 Å². The van der Waals surface area contributed by atoms with Crippen molar-refractivity contribution in [1.82, 2.24) is 19.1 Å². The van der Waals surface area contributed by atoms with Crippen molar-refractivity contribution in [2.45, 2.75) is 13.5 Å². The fourth-order valence-electron chi connectivity index (χ4n) is 3.75. The summed E-state index contributed by atoms with van der Waals surface area (Å²) < 4.78 is 18.6. The predicted molar refractivity (Wildman–Crippen MR) is 125 cm³/mol. The first-order valence-corrected chi connectivity index (χ1v) is 10.6. The van der Waals surface area contributed by atoms with E-state index in [1.54, 1.807) is 6.07 Å². The van der Waals surface area contributed by atoms with Crippen molar-refractivity contribution in [3.63, 3.8) is 0 Å². The third-order valence-electron chi connectivity index (χ3n) is 5.27. The zero-order chi connectivity index (χ0) is 21.5. The number of imidazole rings is 2. The van der Waals surface area contributed by atoms with Crippen LogP contribution in [0.3, 0.4) is 0 Å². The van der Waals surface area contributed by atoms with E-state index in [1.807, 2.05) is 70.8 Å². The molecular formula is C24H18ClFN4S. The van der Waals surface area contributed by atoms with Gasteiger partial charge in [0, 0.05) is 22.5 Å². The summed E-state index contributed by atoms with van der Waals surface area (Å²) in [6, 6.07) is 20.1. The van der Waals surface area contributed by atoms with Crippen molar-refractivity contribution in [3.05, 3.63) is 99.9 Å². The monoisotopic (exact) mass is 448 g/mol. The van der Waals surface area contributed by atoms with Gasteiger partial charge in [-0.3, -0.25) is 4.57 Å². The van der Waals surface area contributed by atoms with Gasteiger partial charge in [0.15, 0.2) is 4.77 Å². The number of fused-ring (bicyclic) bond motifs is 1. The molecule has 0 aliphatic heterocycles. The predicted octanol–water partition coefficient (Wildman–Crippen LogP) is 6.70. The smallest absolute Gasteiger partial charge is 0.185 e. The van der Waals surface area contributed by atoms with Crippen LogP contribution in [-0.2, 0) is 6.54 Å². The van der Waals surface area contributed by atoms with Gasteiger partial charge in [-0.15, -0.1) is 0 Å². The number of halogens is 2. The number of aromatic amines is 1. The van der Waals surface area contributed by atoms with Gasteiger partial charge in [-0.25, -0.2) is 9.37 Å². The molecule has 0 fully saturated rings. The Hall–Kier alpha value is -3.22. The Labute approximate surface area is 188 Å². The Balaban J connectivity index is 1.68. The van der Waals surface area contributed by atoms with Gasteiger partial charge in [-0.1, -0.05) is 29.8 Å². The van der Waals surface area contributed by atoms with Crippen LogP contribution in [0.4, 0.5) is 4.39 Å². The normalized spacial score (nSPS) is 11.3. The van der Waals surface area contributed by atoms with Crippen LogP contribution >= 0.6 is 23.8 Å². The molecule has 2 heterocycles. The molecule has 0 spiro atoms. The van der Waals surface area contributed by atoms with E-state index in [1.165, 1.54) is 12.1 Å². The molecule has 0 aliphatic rings. The number of para-hydroxylation sites is 2. The molecule has 4 nitrogen and oxygen atoms in total. The molecule has 5 rings (SSSR count). The molecule has 0 aliphatic carbocycles. The van der Waals surface area contributed by atoms with Gasteiger partial charge in [0.2, 0.25) is 0 Å².